The van der Waals surface area contributed by atoms with Crippen LogP contribution in [0.3, 0.4) is 0 Å². The van der Waals surface area contributed by atoms with Crippen molar-refractivity contribution in [3.8, 4) is 5.69 Å². The van der Waals surface area contributed by atoms with Gasteiger partial charge in [0.1, 0.15) is 0 Å². The van der Waals surface area contributed by atoms with Crippen molar-refractivity contribution in [2.75, 3.05) is 7.05 Å². The van der Waals surface area contributed by atoms with Gasteiger partial charge >= 0.3 is 0 Å². The van der Waals surface area contributed by atoms with Crippen molar-refractivity contribution in [1.82, 2.24) is 15.1 Å². The Morgan fingerprint density at radius 3 is 2.81 bits per heavy atom. The van der Waals surface area contributed by atoms with Crippen LogP contribution in [0, 0.1) is 0 Å². The highest BCUT2D eigenvalue weighted by molar-refractivity contribution is 6.30. The largest absolute Gasteiger partial charge is 0.394 e. The van der Waals surface area contributed by atoms with E-state index >= 15 is 0 Å². The van der Waals surface area contributed by atoms with Crippen molar-refractivity contribution >= 4 is 17.4 Å². The molecular formula is C15H16ClN3O2. The van der Waals surface area contributed by atoms with Crippen molar-refractivity contribution in [2.45, 2.75) is 7.43 Å². The van der Waals surface area contributed by atoms with E-state index in [9.17, 15) is 9.59 Å². The molecule has 2 rings (SSSR count). The molecule has 0 bridgehead atoms. The molecule has 6 heteroatoms. The Balaban J connectivity index is 0.00000220. The standard InChI is InChI=1S/C14H12ClN3O2.CH4/c1-16-7-5-12(19)14-13(20)6-8-18(17-14)11-4-2-3-10(15)9-11;/h2-9,16H,1H3;1H4/b7-5+;. The number of nitrogens with zero attached hydrogens (tertiary/aromatic N) is 2. The van der Waals surface area contributed by atoms with E-state index in [-0.39, 0.29) is 13.1 Å². The Morgan fingerprint density at radius 1 is 1.38 bits per heavy atom. The van der Waals surface area contributed by atoms with Crippen LogP contribution in [0.1, 0.15) is 17.9 Å². The molecule has 0 fully saturated rings. The minimum atomic E-state index is -0.458. The Hall–Kier alpha value is -2.40. The molecule has 0 unspecified atom stereocenters. The second-order valence-corrected chi connectivity index (χ2v) is 4.38. The third kappa shape index (κ3) is 4.03. The minimum absolute atomic E-state index is 0. The first-order valence-corrected chi connectivity index (χ1v) is 6.23. The van der Waals surface area contributed by atoms with Crippen LogP contribution < -0.4 is 10.7 Å². The quantitative estimate of drug-likeness (QED) is 0.696. The average molecular weight is 306 g/mol. The number of hydrogen-bond acceptors (Lipinski definition) is 4. The van der Waals surface area contributed by atoms with Gasteiger partial charge in [0.15, 0.2) is 5.69 Å². The predicted molar refractivity (Wildman–Crippen MR) is 84.1 cm³/mol. The highest BCUT2D eigenvalue weighted by Gasteiger charge is 2.10. The zero-order chi connectivity index (χ0) is 14.5. The van der Waals surface area contributed by atoms with Gasteiger partial charge in [-0.15, -0.1) is 0 Å². The van der Waals surface area contributed by atoms with Crippen molar-refractivity contribution in [3.63, 3.8) is 0 Å². The van der Waals surface area contributed by atoms with Gasteiger partial charge in [0.25, 0.3) is 0 Å². The second-order valence-electron chi connectivity index (χ2n) is 3.94. The van der Waals surface area contributed by atoms with E-state index in [1.54, 1.807) is 31.3 Å². The molecule has 2 aromatic rings. The number of nitrogens with one attached hydrogen (secondary N) is 1. The smallest absolute Gasteiger partial charge is 0.211 e. The summed E-state index contributed by atoms with van der Waals surface area (Å²) < 4.78 is 1.44. The molecule has 0 aliphatic heterocycles. The van der Waals surface area contributed by atoms with Gasteiger partial charge in [0.05, 0.1) is 5.69 Å². The molecule has 110 valence electrons. The number of benzene rings is 1. The first-order valence-electron chi connectivity index (χ1n) is 5.86. The fourth-order valence-corrected chi connectivity index (χ4v) is 1.76. The highest BCUT2D eigenvalue weighted by Crippen LogP contribution is 2.13. The van der Waals surface area contributed by atoms with Crippen molar-refractivity contribution in [3.05, 3.63) is 69.7 Å². The molecule has 0 atom stereocenters. The Morgan fingerprint density at radius 2 is 2.14 bits per heavy atom. The van der Waals surface area contributed by atoms with E-state index in [2.05, 4.69) is 10.4 Å². The van der Waals surface area contributed by atoms with Crippen LogP contribution in [0.2, 0.25) is 5.02 Å². The predicted octanol–water partition coefficient (Wildman–Crippen LogP) is 2.44. The summed E-state index contributed by atoms with van der Waals surface area (Å²) in [6.07, 6.45) is 4.19. The molecule has 5 nitrogen and oxygen atoms in total. The lowest BCUT2D eigenvalue weighted by atomic mass is 10.2. The van der Waals surface area contributed by atoms with Gasteiger partial charge in [0.2, 0.25) is 11.2 Å². The summed E-state index contributed by atoms with van der Waals surface area (Å²) >= 11 is 5.91. The second kappa shape index (κ2) is 7.40. The average Bonchev–Trinajstić information content (AvgIpc) is 2.45. The Labute approximate surface area is 127 Å². The maximum Gasteiger partial charge on any atom is 0.211 e. The lowest BCUT2D eigenvalue weighted by Crippen LogP contribution is -2.19. The fourth-order valence-electron chi connectivity index (χ4n) is 1.58. The van der Waals surface area contributed by atoms with Crippen LogP contribution in [0.25, 0.3) is 5.69 Å². The molecule has 0 radical (unpaired) electrons. The lowest BCUT2D eigenvalue weighted by molar-refractivity contribution is 0.103. The van der Waals surface area contributed by atoms with Gasteiger partial charge in [-0.25, -0.2) is 4.68 Å². The van der Waals surface area contributed by atoms with E-state index in [0.29, 0.717) is 10.7 Å². The van der Waals surface area contributed by atoms with Crippen molar-refractivity contribution in [1.29, 1.82) is 0 Å². The molecule has 0 aliphatic rings. The van der Waals surface area contributed by atoms with Gasteiger partial charge in [-0.2, -0.15) is 5.10 Å². The fraction of sp³-hybridized carbons (Fsp3) is 0.133. The number of aromatic nitrogens is 2. The Bertz CT molecular complexity index is 723. The molecule has 0 saturated carbocycles. The van der Waals surface area contributed by atoms with Crippen molar-refractivity contribution < 1.29 is 4.79 Å². The molecule has 1 N–H and O–H groups in total. The molecule has 0 saturated heterocycles. The van der Waals surface area contributed by atoms with E-state index in [0.717, 1.165) is 0 Å². The number of ketones is 1. The molecular weight excluding hydrogens is 290 g/mol. The zero-order valence-electron chi connectivity index (χ0n) is 10.7. The molecule has 1 aromatic carbocycles. The van der Waals surface area contributed by atoms with Crippen LogP contribution >= 0.6 is 11.6 Å². The summed E-state index contributed by atoms with van der Waals surface area (Å²) in [6, 6.07) is 8.27. The van der Waals surface area contributed by atoms with Gasteiger partial charge in [-0.05, 0) is 18.2 Å². The van der Waals surface area contributed by atoms with E-state index in [1.807, 2.05) is 0 Å². The maximum atomic E-state index is 11.8. The molecule has 1 aromatic heterocycles. The number of rotatable bonds is 4. The number of halogens is 1. The van der Waals surface area contributed by atoms with Gasteiger partial charge < -0.3 is 5.32 Å². The summed E-state index contributed by atoms with van der Waals surface area (Å²) in [5.41, 5.74) is 0.108. The summed E-state index contributed by atoms with van der Waals surface area (Å²) in [5, 5.41) is 7.29. The number of hydrogen-bond donors (Lipinski definition) is 1. The van der Waals surface area contributed by atoms with Gasteiger partial charge in [0, 0.05) is 36.6 Å². The van der Waals surface area contributed by atoms with Crippen LogP contribution in [0.5, 0.6) is 0 Å². The third-order valence-electron chi connectivity index (χ3n) is 2.52. The Kier molecular flexibility index (Phi) is 5.87. The van der Waals surface area contributed by atoms with Crippen LogP contribution in [0.4, 0.5) is 0 Å². The molecule has 0 aliphatic carbocycles. The first-order chi connectivity index (χ1) is 9.61. The van der Waals surface area contributed by atoms with Gasteiger partial charge in [-0.3, -0.25) is 9.59 Å². The monoisotopic (exact) mass is 305 g/mol. The van der Waals surface area contributed by atoms with Crippen LogP contribution in [-0.2, 0) is 0 Å². The number of carbonyl (C=O) groups excluding carboxylic acids is 1. The SMILES string of the molecule is C.CN/C=C/C(=O)c1nn(-c2cccc(Cl)c2)ccc1=O. The molecule has 0 spiro atoms. The highest BCUT2D eigenvalue weighted by atomic mass is 35.5. The minimum Gasteiger partial charge on any atom is -0.394 e. The van der Waals surface area contributed by atoms with E-state index < -0.39 is 11.2 Å². The molecule has 21 heavy (non-hydrogen) atoms. The molecule has 0 amide bonds. The third-order valence-corrected chi connectivity index (χ3v) is 2.75. The summed E-state index contributed by atoms with van der Waals surface area (Å²) in [5.74, 6) is -0.458. The van der Waals surface area contributed by atoms with Crippen LogP contribution in [0.15, 0.2) is 53.6 Å². The number of allylic oxidation sites excluding steroid dienone is 1. The van der Waals surface area contributed by atoms with Gasteiger partial charge in [-0.1, -0.05) is 25.1 Å². The van der Waals surface area contributed by atoms with E-state index in [1.165, 1.54) is 29.2 Å². The van der Waals surface area contributed by atoms with Crippen LogP contribution in [-0.4, -0.2) is 22.6 Å². The summed E-state index contributed by atoms with van der Waals surface area (Å²) in [4.78, 5) is 23.5. The summed E-state index contributed by atoms with van der Waals surface area (Å²) in [6.45, 7) is 0. The number of carbonyl (C=O) groups is 1. The van der Waals surface area contributed by atoms with Crippen molar-refractivity contribution in [2.24, 2.45) is 0 Å². The topological polar surface area (TPSA) is 64.0 Å². The summed E-state index contributed by atoms with van der Waals surface area (Å²) in [7, 11) is 1.66. The first kappa shape index (κ1) is 16.7. The maximum absolute atomic E-state index is 11.8. The lowest BCUT2D eigenvalue weighted by Gasteiger charge is -2.06. The zero-order valence-corrected chi connectivity index (χ0v) is 11.5. The van der Waals surface area contributed by atoms with E-state index in [4.69, 9.17) is 11.6 Å². The normalized spacial score (nSPS) is 10.2. The molecule has 1 heterocycles.